The second-order valence-electron chi connectivity index (χ2n) is 6.36. The zero-order valence-corrected chi connectivity index (χ0v) is 15.0. The third-order valence-electron chi connectivity index (χ3n) is 4.13. The Labute approximate surface area is 144 Å². The van der Waals surface area contributed by atoms with Gasteiger partial charge < -0.3 is 9.64 Å². The van der Waals surface area contributed by atoms with Gasteiger partial charge in [-0.3, -0.25) is 10.1 Å². The van der Waals surface area contributed by atoms with Crippen LogP contribution in [0.2, 0.25) is 0 Å². The van der Waals surface area contributed by atoms with Crippen molar-refractivity contribution in [2.24, 2.45) is 0 Å². The Balaban J connectivity index is 1.96. The Morgan fingerprint density at radius 3 is 2.65 bits per heavy atom. The maximum atomic E-state index is 12.4. The zero-order valence-electron chi connectivity index (χ0n) is 14.2. The molecular weight excluding hydrogens is 308 g/mol. The summed E-state index contributed by atoms with van der Waals surface area (Å²) in [5.41, 5.74) is 0.558. The first-order chi connectivity index (χ1) is 11.0. The number of carbonyl (C=O) groups excluding carboxylic acids is 1. The number of ether oxygens (including phenoxy) is 1. The highest BCUT2D eigenvalue weighted by Crippen LogP contribution is 2.21. The van der Waals surface area contributed by atoms with Crippen LogP contribution < -0.4 is 10.1 Å². The Morgan fingerprint density at radius 2 is 2.00 bits per heavy atom. The van der Waals surface area contributed by atoms with E-state index in [-0.39, 0.29) is 12.0 Å². The number of hydrogen-bond donors (Lipinski definition) is 1. The van der Waals surface area contributed by atoms with Gasteiger partial charge in [-0.2, -0.15) is 0 Å². The first-order valence-corrected chi connectivity index (χ1v) is 8.73. The minimum Gasteiger partial charge on any atom is -0.491 e. The lowest BCUT2D eigenvalue weighted by Gasteiger charge is -2.32. The van der Waals surface area contributed by atoms with Crippen LogP contribution in [0.25, 0.3) is 0 Å². The van der Waals surface area contributed by atoms with Crippen LogP contribution in [0.15, 0.2) is 24.3 Å². The standard InChI is InChI=1S/C18H26N2O2S/c1-13(2)22-16-11-7-8-14(12-16)17(21)19-18(23)20(3)15-9-5-4-6-10-15/h7-8,11-13,15H,4-6,9-10H2,1-3H3,(H,19,21,23). The molecule has 4 nitrogen and oxygen atoms in total. The van der Waals surface area contributed by atoms with Crippen molar-refractivity contribution in [3.63, 3.8) is 0 Å². The Morgan fingerprint density at radius 1 is 1.30 bits per heavy atom. The molecule has 1 aromatic rings. The van der Waals surface area contributed by atoms with E-state index < -0.39 is 0 Å². The summed E-state index contributed by atoms with van der Waals surface area (Å²) in [5, 5.41) is 3.33. The molecule has 126 valence electrons. The molecule has 0 unspecified atom stereocenters. The molecular formula is C18H26N2O2S. The average molecular weight is 334 g/mol. The molecule has 1 aliphatic rings. The molecule has 2 rings (SSSR count). The van der Waals surface area contributed by atoms with Gasteiger partial charge in [0.2, 0.25) is 0 Å². The van der Waals surface area contributed by atoms with Crippen molar-refractivity contribution in [2.75, 3.05) is 7.05 Å². The second-order valence-corrected chi connectivity index (χ2v) is 6.74. The Kier molecular flexibility index (Phi) is 6.39. The minimum atomic E-state index is -0.188. The molecule has 0 saturated heterocycles. The van der Waals surface area contributed by atoms with Gasteiger partial charge in [0.25, 0.3) is 5.91 Å². The molecule has 0 heterocycles. The SMILES string of the molecule is CC(C)Oc1cccc(C(=O)NC(=S)N(C)C2CCCCC2)c1. The molecule has 1 saturated carbocycles. The zero-order chi connectivity index (χ0) is 16.8. The number of amides is 1. The molecule has 0 aliphatic heterocycles. The van der Waals surface area contributed by atoms with E-state index >= 15 is 0 Å². The lowest BCUT2D eigenvalue weighted by Crippen LogP contribution is -2.46. The van der Waals surface area contributed by atoms with Gasteiger partial charge in [-0.15, -0.1) is 0 Å². The van der Waals surface area contributed by atoms with Gasteiger partial charge in [0.05, 0.1) is 6.10 Å². The molecule has 0 spiro atoms. The predicted octanol–water partition coefficient (Wildman–Crippen LogP) is 3.75. The highest BCUT2D eigenvalue weighted by atomic mass is 32.1. The van der Waals surface area contributed by atoms with E-state index in [4.69, 9.17) is 17.0 Å². The van der Waals surface area contributed by atoms with Crippen molar-refractivity contribution < 1.29 is 9.53 Å². The summed E-state index contributed by atoms with van der Waals surface area (Å²) in [4.78, 5) is 14.4. The fourth-order valence-corrected chi connectivity index (χ4v) is 3.12. The normalized spacial score (nSPS) is 15.3. The van der Waals surface area contributed by atoms with E-state index in [2.05, 4.69) is 5.32 Å². The van der Waals surface area contributed by atoms with Gasteiger partial charge in [0.1, 0.15) is 5.75 Å². The molecule has 1 N–H and O–H groups in total. The Hall–Kier alpha value is -1.62. The van der Waals surface area contributed by atoms with Crippen LogP contribution in [0.1, 0.15) is 56.3 Å². The van der Waals surface area contributed by atoms with Crippen LogP contribution in [0.4, 0.5) is 0 Å². The number of benzene rings is 1. The van der Waals surface area contributed by atoms with Gasteiger partial charge in [0.15, 0.2) is 5.11 Å². The molecule has 0 atom stereocenters. The molecule has 1 aliphatic carbocycles. The topological polar surface area (TPSA) is 41.6 Å². The monoisotopic (exact) mass is 334 g/mol. The molecule has 1 fully saturated rings. The van der Waals surface area contributed by atoms with Crippen molar-refractivity contribution in [2.45, 2.75) is 58.1 Å². The van der Waals surface area contributed by atoms with E-state index in [0.29, 0.717) is 22.5 Å². The van der Waals surface area contributed by atoms with Gasteiger partial charge >= 0.3 is 0 Å². The van der Waals surface area contributed by atoms with Crippen LogP contribution in [0.3, 0.4) is 0 Å². The summed E-state index contributed by atoms with van der Waals surface area (Å²) >= 11 is 5.40. The second kappa shape index (κ2) is 8.29. The summed E-state index contributed by atoms with van der Waals surface area (Å²) in [6.07, 6.45) is 6.13. The molecule has 0 radical (unpaired) electrons. The van der Waals surface area contributed by atoms with Gasteiger partial charge in [-0.25, -0.2) is 0 Å². The highest BCUT2D eigenvalue weighted by Gasteiger charge is 2.21. The van der Waals surface area contributed by atoms with Crippen LogP contribution in [0, 0.1) is 0 Å². The van der Waals surface area contributed by atoms with E-state index in [1.54, 1.807) is 12.1 Å². The third-order valence-corrected chi connectivity index (χ3v) is 4.52. The van der Waals surface area contributed by atoms with Crippen molar-refractivity contribution in [3.8, 4) is 5.75 Å². The van der Waals surface area contributed by atoms with Gasteiger partial charge in [-0.05, 0) is 57.1 Å². The maximum Gasteiger partial charge on any atom is 0.257 e. The fourth-order valence-electron chi connectivity index (χ4n) is 2.87. The molecule has 23 heavy (non-hydrogen) atoms. The number of rotatable bonds is 4. The van der Waals surface area contributed by atoms with E-state index in [9.17, 15) is 4.79 Å². The van der Waals surface area contributed by atoms with Gasteiger partial charge in [0, 0.05) is 18.7 Å². The average Bonchev–Trinajstić information content (AvgIpc) is 2.54. The third kappa shape index (κ3) is 5.20. The number of nitrogens with zero attached hydrogens (tertiary/aromatic N) is 1. The van der Waals surface area contributed by atoms with Crippen molar-refractivity contribution in [3.05, 3.63) is 29.8 Å². The lowest BCUT2D eigenvalue weighted by molar-refractivity contribution is 0.0971. The van der Waals surface area contributed by atoms with Crippen LogP contribution in [-0.2, 0) is 0 Å². The number of hydrogen-bond acceptors (Lipinski definition) is 3. The first kappa shape index (κ1) is 17.7. The highest BCUT2D eigenvalue weighted by molar-refractivity contribution is 7.80. The van der Waals surface area contributed by atoms with E-state index in [1.165, 1.54) is 19.3 Å². The molecule has 1 aromatic carbocycles. The summed E-state index contributed by atoms with van der Waals surface area (Å²) in [7, 11) is 1.97. The predicted molar refractivity (Wildman–Crippen MR) is 96.9 cm³/mol. The summed E-state index contributed by atoms with van der Waals surface area (Å²) in [5.74, 6) is 0.506. The first-order valence-electron chi connectivity index (χ1n) is 8.32. The fraction of sp³-hybridized carbons (Fsp3) is 0.556. The number of thiocarbonyl (C=S) groups is 1. The molecule has 0 bridgehead atoms. The molecule has 1 amide bonds. The van der Waals surface area contributed by atoms with Crippen molar-refractivity contribution in [1.29, 1.82) is 0 Å². The van der Waals surface area contributed by atoms with Crippen LogP contribution >= 0.6 is 12.2 Å². The molecule has 5 heteroatoms. The summed E-state index contributed by atoms with van der Waals surface area (Å²) in [6.45, 7) is 3.92. The minimum absolute atomic E-state index is 0.0758. The van der Waals surface area contributed by atoms with Crippen molar-refractivity contribution >= 4 is 23.2 Å². The van der Waals surface area contributed by atoms with E-state index in [1.807, 2.05) is 37.9 Å². The maximum absolute atomic E-state index is 12.4. The summed E-state index contributed by atoms with van der Waals surface area (Å²) in [6, 6.07) is 7.63. The van der Waals surface area contributed by atoms with Crippen LogP contribution in [-0.4, -0.2) is 35.1 Å². The number of nitrogens with one attached hydrogen (secondary N) is 1. The largest absolute Gasteiger partial charge is 0.491 e. The quantitative estimate of drug-likeness (QED) is 0.852. The van der Waals surface area contributed by atoms with Crippen molar-refractivity contribution in [1.82, 2.24) is 10.2 Å². The van der Waals surface area contributed by atoms with Gasteiger partial charge in [-0.1, -0.05) is 25.3 Å². The smallest absolute Gasteiger partial charge is 0.257 e. The summed E-state index contributed by atoms with van der Waals surface area (Å²) < 4.78 is 5.63. The lowest BCUT2D eigenvalue weighted by atomic mass is 9.95. The molecule has 0 aromatic heterocycles. The number of carbonyl (C=O) groups is 1. The Bertz CT molecular complexity index is 554. The van der Waals surface area contributed by atoms with E-state index in [0.717, 1.165) is 12.8 Å². The van der Waals surface area contributed by atoms with Crippen LogP contribution in [0.5, 0.6) is 5.75 Å².